The molecule has 0 aliphatic carbocycles. The van der Waals surface area contributed by atoms with E-state index in [-0.39, 0.29) is 12.6 Å². The van der Waals surface area contributed by atoms with Gasteiger partial charge in [-0.15, -0.1) is 11.3 Å². The van der Waals surface area contributed by atoms with E-state index in [4.69, 9.17) is 15.6 Å². The summed E-state index contributed by atoms with van der Waals surface area (Å²) in [6, 6.07) is 12.0. The summed E-state index contributed by atoms with van der Waals surface area (Å²) in [5.74, 6) is 1.29. The molecule has 1 aliphatic heterocycles. The highest BCUT2D eigenvalue weighted by atomic mass is 32.1. The maximum atomic E-state index is 9.57. The number of para-hydroxylation sites is 1. The topological polar surface area (TPSA) is 99.1 Å². The lowest BCUT2D eigenvalue weighted by Gasteiger charge is -2.27. The zero-order valence-corrected chi connectivity index (χ0v) is 17.5. The quantitative estimate of drug-likeness (QED) is 0.523. The van der Waals surface area contributed by atoms with E-state index < -0.39 is 0 Å². The summed E-state index contributed by atoms with van der Waals surface area (Å²) in [5, 5.41) is 15.1. The minimum atomic E-state index is -0.112. The average molecular weight is 420 g/mol. The third-order valence-corrected chi connectivity index (χ3v) is 6.58. The van der Waals surface area contributed by atoms with Crippen LogP contribution in [0.15, 0.2) is 48.3 Å². The van der Waals surface area contributed by atoms with Gasteiger partial charge >= 0.3 is 0 Å². The van der Waals surface area contributed by atoms with Crippen molar-refractivity contribution < 1.29 is 9.84 Å². The molecule has 7 nitrogen and oxygen atoms in total. The highest BCUT2D eigenvalue weighted by Crippen LogP contribution is 2.43. The lowest BCUT2D eigenvalue weighted by Crippen LogP contribution is -2.20. The molecule has 8 heteroatoms. The molecule has 1 aliphatic rings. The molecule has 4 aromatic rings. The van der Waals surface area contributed by atoms with Gasteiger partial charge in [0.05, 0.1) is 23.7 Å². The van der Waals surface area contributed by atoms with Crippen molar-refractivity contribution in [1.82, 2.24) is 19.7 Å². The summed E-state index contributed by atoms with van der Waals surface area (Å²) in [6.07, 6.45) is 1.47. The van der Waals surface area contributed by atoms with Crippen LogP contribution in [0.25, 0.3) is 16.6 Å². The monoisotopic (exact) mass is 419 g/mol. The van der Waals surface area contributed by atoms with Crippen molar-refractivity contribution in [3.8, 4) is 5.75 Å². The number of benzene rings is 1. The molecule has 0 spiro atoms. The Morgan fingerprint density at radius 1 is 1.23 bits per heavy atom. The number of aromatic nitrogens is 4. The number of anilines is 1. The first-order valence-electron chi connectivity index (χ1n) is 9.69. The number of nitrogens with zero attached hydrogens (tertiary/aromatic N) is 4. The number of nitrogen functional groups attached to an aromatic ring is 1. The molecule has 3 aromatic heterocycles. The van der Waals surface area contributed by atoms with Gasteiger partial charge in [0.25, 0.3) is 0 Å². The Balaban J connectivity index is 1.73. The van der Waals surface area contributed by atoms with E-state index in [2.05, 4.69) is 29.0 Å². The molecule has 0 radical (unpaired) electrons. The SMILES string of the molecule is Cc1nn(C(C)C2=C(c3ccc(CO)s3)c3ccccc3OC2)c2ncnc(N)c12. The van der Waals surface area contributed by atoms with E-state index in [9.17, 15) is 5.11 Å². The zero-order chi connectivity index (χ0) is 20.8. The lowest BCUT2D eigenvalue weighted by atomic mass is 9.92. The Kier molecular flexibility index (Phi) is 4.52. The first-order chi connectivity index (χ1) is 14.6. The Labute approximate surface area is 177 Å². The summed E-state index contributed by atoms with van der Waals surface area (Å²) < 4.78 is 8.00. The molecule has 5 rings (SSSR count). The van der Waals surface area contributed by atoms with Gasteiger partial charge in [-0.2, -0.15) is 5.10 Å². The van der Waals surface area contributed by atoms with Gasteiger partial charge in [0.2, 0.25) is 0 Å². The average Bonchev–Trinajstić information content (AvgIpc) is 3.37. The zero-order valence-electron chi connectivity index (χ0n) is 16.7. The van der Waals surface area contributed by atoms with Crippen molar-refractivity contribution in [3.63, 3.8) is 0 Å². The van der Waals surface area contributed by atoms with Gasteiger partial charge in [0, 0.05) is 26.5 Å². The van der Waals surface area contributed by atoms with E-state index in [0.717, 1.165) is 43.3 Å². The number of ether oxygens (including phenoxy) is 1. The summed E-state index contributed by atoms with van der Waals surface area (Å²) in [7, 11) is 0. The minimum Gasteiger partial charge on any atom is -0.488 e. The molecule has 0 saturated carbocycles. The fourth-order valence-corrected chi connectivity index (χ4v) is 4.97. The summed E-state index contributed by atoms with van der Waals surface area (Å²) in [4.78, 5) is 10.6. The van der Waals surface area contributed by atoms with Crippen LogP contribution in [-0.2, 0) is 6.61 Å². The van der Waals surface area contributed by atoms with Gasteiger partial charge in [0.15, 0.2) is 5.65 Å². The van der Waals surface area contributed by atoms with Crippen molar-refractivity contribution in [3.05, 3.63) is 69.3 Å². The molecule has 1 atom stereocenters. The second-order valence-corrected chi connectivity index (χ2v) is 8.44. The predicted octanol–water partition coefficient (Wildman–Crippen LogP) is 3.73. The van der Waals surface area contributed by atoms with Crippen LogP contribution >= 0.6 is 11.3 Å². The fourth-order valence-electron chi connectivity index (χ4n) is 4.00. The molecular formula is C22H21N5O2S. The van der Waals surface area contributed by atoms with Crippen molar-refractivity contribution >= 4 is 33.8 Å². The Hall–Kier alpha value is -3.23. The maximum Gasteiger partial charge on any atom is 0.164 e. The molecule has 0 amide bonds. The van der Waals surface area contributed by atoms with Crippen LogP contribution < -0.4 is 10.5 Å². The first kappa shape index (κ1) is 18.8. The maximum absolute atomic E-state index is 9.57. The molecule has 1 unspecified atom stereocenters. The lowest BCUT2D eigenvalue weighted by molar-refractivity contribution is 0.285. The van der Waals surface area contributed by atoms with Crippen LogP contribution in [0.5, 0.6) is 5.75 Å². The largest absolute Gasteiger partial charge is 0.488 e. The van der Waals surface area contributed by atoms with Gasteiger partial charge in [-0.3, -0.25) is 0 Å². The predicted molar refractivity (Wildman–Crippen MR) is 117 cm³/mol. The number of aliphatic hydroxyl groups excluding tert-OH is 1. The van der Waals surface area contributed by atoms with Crippen LogP contribution in [0.4, 0.5) is 5.82 Å². The Morgan fingerprint density at radius 2 is 2.07 bits per heavy atom. The fraction of sp³-hybridized carbons (Fsp3) is 0.227. The van der Waals surface area contributed by atoms with Gasteiger partial charge in [-0.25, -0.2) is 14.6 Å². The molecule has 3 N–H and O–H groups in total. The molecule has 0 fully saturated rings. The van der Waals surface area contributed by atoms with E-state index in [1.807, 2.05) is 35.9 Å². The second kappa shape index (κ2) is 7.23. The number of thiophene rings is 1. The highest BCUT2D eigenvalue weighted by molar-refractivity contribution is 7.13. The normalized spacial score (nSPS) is 14.6. The van der Waals surface area contributed by atoms with Crippen LogP contribution in [0.1, 0.15) is 34.0 Å². The summed E-state index contributed by atoms with van der Waals surface area (Å²) >= 11 is 1.59. The number of aryl methyl sites for hydroxylation is 1. The van der Waals surface area contributed by atoms with Crippen LogP contribution in [0.3, 0.4) is 0 Å². The third kappa shape index (κ3) is 2.88. The number of hydrogen-bond acceptors (Lipinski definition) is 7. The van der Waals surface area contributed by atoms with Crippen molar-refractivity contribution in [2.24, 2.45) is 0 Å². The molecule has 0 saturated heterocycles. The Bertz CT molecular complexity index is 1290. The standard InChI is InChI=1S/C22H21N5O2S/c1-12-19-21(23)24-11-25-22(19)27(26-12)13(2)16-10-29-17-6-4-3-5-15(17)20(16)18-8-7-14(9-28)30-18/h3-8,11,13,28H,9-10H2,1-2H3,(H2,23,24,25). The van der Waals surface area contributed by atoms with E-state index in [1.54, 1.807) is 11.3 Å². The molecule has 4 heterocycles. The number of fused-ring (bicyclic) bond motifs is 2. The Morgan fingerprint density at radius 3 is 2.87 bits per heavy atom. The molecule has 0 bridgehead atoms. The van der Waals surface area contributed by atoms with Crippen molar-refractivity contribution in [1.29, 1.82) is 0 Å². The van der Waals surface area contributed by atoms with E-state index >= 15 is 0 Å². The van der Waals surface area contributed by atoms with Crippen molar-refractivity contribution in [2.45, 2.75) is 26.5 Å². The molecule has 1 aromatic carbocycles. The minimum absolute atomic E-state index is 0.0279. The van der Waals surface area contributed by atoms with E-state index in [1.165, 1.54) is 6.33 Å². The summed E-state index contributed by atoms with van der Waals surface area (Å²) in [6.45, 7) is 4.48. The van der Waals surface area contributed by atoms with E-state index in [0.29, 0.717) is 18.1 Å². The smallest absolute Gasteiger partial charge is 0.164 e. The number of rotatable bonds is 4. The van der Waals surface area contributed by atoms with Crippen LogP contribution in [-0.4, -0.2) is 31.5 Å². The third-order valence-electron chi connectivity index (χ3n) is 5.49. The van der Waals surface area contributed by atoms with Gasteiger partial charge in [0.1, 0.15) is 24.5 Å². The highest BCUT2D eigenvalue weighted by Gasteiger charge is 2.28. The van der Waals surface area contributed by atoms with Crippen molar-refractivity contribution in [2.75, 3.05) is 12.3 Å². The molecule has 30 heavy (non-hydrogen) atoms. The summed E-state index contributed by atoms with van der Waals surface area (Å²) in [5.41, 5.74) is 10.9. The van der Waals surface area contributed by atoms with Gasteiger partial charge < -0.3 is 15.6 Å². The number of hydrogen-bond donors (Lipinski definition) is 2. The second-order valence-electron chi connectivity index (χ2n) is 7.27. The molecular weight excluding hydrogens is 398 g/mol. The van der Waals surface area contributed by atoms with Crippen LogP contribution in [0.2, 0.25) is 0 Å². The molecule has 152 valence electrons. The number of aliphatic hydroxyl groups is 1. The first-order valence-corrected chi connectivity index (χ1v) is 10.5. The van der Waals surface area contributed by atoms with Gasteiger partial charge in [-0.05, 0) is 32.0 Å². The number of nitrogens with two attached hydrogens (primary N) is 1. The van der Waals surface area contributed by atoms with Crippen LogP contribution in [0, 0.1) is 6.92 Å². The van der Waals surface area contributed by atoms with Gasteiger partial charge in [-0.1, -0.05) is 18.2 Å².